The molecule has 2 N–H and O–H groups in total. The van der Waals surface area contributed by atoms with E-state index in [-0.39, 0.29) is 23.4 Å². The van der Waals surface area contributed by atoms with Crippen molar-refractivity contribution in [2.75, 3.05) is 43.5 Å². The Morgan fingerprint density at radius 1 is 1.24 bits per heavy atom. The molecule has 0 aromatic heterocycles. The summed E-state index contributed by atoms with van der Waals surface area (Å²) in [5, 5.41) is 13.8. The molecule has 8 heteroatoms. The molecule has 2 aromatic rings. The van der Waals surface area contributed by atoms with Crippen molar-refractivity contribution in [1.29, 1.82) is 0 Å². The molecule has 1 amide bonds. The van der Waals surface area contributed by atoms with Crippen LogP contribution >= 0.6 is 0 Å². The Morgan fingerprint density at radius 2 is 1.93 bits per heavy atom. The van der Waals surface area contributed by atoms with E-state index >= 15 is 0 Å². The van der Waals surface area contributed by atoms with Crippen LogP contribution in [0.3, 0.4) is 0 Å². The highest BCUT2D eigenvalue weighted by molar-refractivity contribution is 5.95. The van der Waals surface area contributed by atoms with Gasteiger partial charge < -0.3 is 19.9 Å². The molecule has 29 heavy (non-hydrogen) atoms. The third kappa shape index (κ3) is 4.65. The molecule has 1 aliphatic heterocycles. The van der Waals surface area contributed by atoms with Crippen LogP contribution in [-0.2, 0) is 4.79 Å². The van der Waals surface area contributed by atoms with E-state index in [4.69, 9.17) is 4.74 Å². The second-order valence-electron chi connectivity index (χ2n) is 7.28. The zero-order valence-electron chi connectivity index (χ0n) is 17.0. The van der Waals surface area contributed by atoms with Crippen molar-refractivity contribution in [2.24, 2.45) is 0 Å². The fourth-order valence-corrected chi connectivity index (χ4v) is 3.71. The Hall–Kier alpha value is -3.13. The maximum atomic E-state index is 12.8. The highest BCUT2D eigenvalue weighted by Crippen LogP contribution is 2.29. The molecular weight excluding hydrogens is 372 g/mol. The smallest absolute Gasteiger partial charge is 0.282 e. The van der Waals surface area contributed by atoms with E-state index in [1.807, 2.05) is 13.0 Å². The van der Waals surface area contributed by atoms with E-state index in [0.717, 1.165) is 26.2 Å². The molecule has 1 fully saturated rings. The van der Waals surface area contributed by atoms with Gasteiger partial charge in [-0.15, -0.1) is 0 Å². The first-order valence-corrected chi connectivity index (χ1v) is 9.69. The average Bonchev–Trinajstić information content (AvgIpc) is 2.73. The maximum Gasteiger partial charge on any atom is 0.282 e. The van der Waals surface area contributed by atoms with Crippen molar-refractivity contribution in [3.63, 3.8) is 0 Å². The number of amides is 1. The molecule has 1 saturated heterocycles. The van der Waals surface area contributed by atoms with Crippen LogP contribution in [0, 0.1) is 17.0 Å². The van der Waals surface area contributed by atoms with Crippen LogP contribution in [0.4, 0.5) is 17.1 Å². The number of nitrogens with one attached hydrogen (secondary N) is 2. The minimum Gasteiger partial charge on any atom is -0.494 e. The fraction of sp³-hybridized carbons (Fsp3) is 0.381. The van der Waals surface area contributed by atoms with Gasteiger partial charge in [-0.2, -0.15) is 0 Å². The van der Waals surface area contributed by atoms with Gasteiger partial charge in [-0.05, 0) is 31.5 Å². The number of hydrogen-bond donors (Lipinski definition) is 2. The Kier molecular flexibility index (Phi) is 6.33. The Balaban J connectivity index is 1.61. The topological polar surface area (TPSA) is 89.1 Å². The predicted molar refractivity (Wildman–Crippen MR) is 112 cm³/mol. The Morgan fingerprint density at radius 3 is 2.55 bits per heavy atom. The molecule has 154 valence electrons. The summed E-state index contributed by atoms with van der Waals surface area (Å²) in [6.07, 6.45) is 0. The summed E-state index contributed by atoms with van der Waals surface area (Å²) in [6.45, 7) is 7.52. The van der Waals surface area contributed by atoms with E-state index < -0.39 is 4.92 Å². The number of nitro benzene ring substituents is 1. The normalized spacial score (nSPS) is 15.6. The fourth-order valence-electron chi connectivity index (χ4n) is 3.71. The number of rotatable bonds is 6. The third-order valence-corrected chi connectivity index (χ3v) is 5.52. The van der Waals surface area contributed by atoms with Crippen LogP contribution in [0.5, 0.6) is 5.75 Å². The molecule has 0 saturated carbocycles. The van der Waals surface area contributed by atoms with Gasteiger partial charge in [0.2, 0.25) is 0 Å². The number of methoxy groups -OCH3 is 1. The van der Waals surface area contributed by atoms with Crippen molar-refractivity contribution in [1.82, 2.24) is 0 Å². The first kappa shape index (κ1) is 20.6. The second-order valence-corrected chi connectivity index (χ2v) is 7.28. The number of quaternary nitrogens is 1. The van der Waals surface area contributed by atoms with E-state index in [9.17, 15) is 14.9 Å². The van der Waals surface area contributed by atoms with Crippen LogP contribution < -0.4 is 19.9 Å². The highest BCUT2D eigenvalue weighted by Gasteiger charge is 2.30. The summed E-state index contributed by atoms with van der Waals surface area (Å²) in [5.41, 5.74) is 2.87. The molecule has 2 aromatic carbocycles. The van der Waals surface area contributed by atoms with E-state index in [2.05, 4.69) is 35.3 Å². The lowest BCUT2D eigenvalue weighted by molar-refractivity contribution is -0.914. The minimum absolute atomic E-state index is 0.0779. The number of para-hydroxylation sites is 1. The molecule has 3 rings (SSSR count). The third-order valence-electron chi connectivity index (χ3n) is 5.52. The average molecular weight is 399 g/mol. The van der Waals surface area contributed by atoms with Crippen LogP contribution in [0.15, 0.2) is 42.5 Å². The summed E-state index contributed by atoms with van der Waals surface area (Å²) in [6, 6.07) is 12.3. The van der Waals surface area contributed by atoms with E-state index in [0.29, 0.717) is 5.69 Å². The number of nitrogens with zero attached hydrogens (tertiary/aromatic N) is 2. The van der Waals surface area contributed by atoms with Crippen molar-refractivity contribution in [3.8, 4) is 5.75 Å². The Bertz CT molecular complexity index is 894. The van der Waals surface area contributed by atoms with Gasteiger partial charge in [0.05, 0.1) is 50.0 Å². The number of aryl methyl sites for hydroxylation is 1. The molecule has 0 radical (unpaired) electrons. The number of nitro groups is 1. The molecule has 1 aliphatic rings. The molecule has 0 spiro atoms. The molecule has 1 heterocycles. The number of benzene rings is 2. The van der Waals surface area contributed by atoms with Gasteiger partial charge in [0, 0.05) is 11.8 Å². The van der Waals surface area contributed by atoms with Gasteiger partial charge in [-0.25, -0.2) is 0 Å². The first-order valence-electron chi connectivity index (χ1n) is 9.69. The van der Waals surface area contributed by atoms with Crippen molar-refractivity contribution in [2.45, 2.75) is 19.9 Å². The van der Waals surface area contributed by atoms with Gasteiger partial charge in [-0.3, -0.25) is 14.9 Å². The van der Waals surface area contributed by atoms with Gasteiger partial charge in [-0.1, -0.05) is 18.2 Å². The standard InChI is InChI=1S/C21H26N4O4/c1-15-6-4-5-7-19(15)24-12-10-23(11-13-24)16(2)21(26)22-18-9-8-17(25(27)28)14-20(18)29-3/h4-9,14,16H,10-13H2,1-3H3,(H,22,26)/p+1/t16-/m0/s1. The quantitative estimate of drug-likeness (QED) is 0.570. The van der Waals surface area contributed by atoms with Gasteiger partial charge in [0.15, 0.2) is 6.04 Å². The molecule has 0 bridgehead atoms. The van der Waals surface area contributed by atoms with Gasteiger partial charge >= 0.3 is 0 Å². The zero-order chi connectivity index (χ0) is 21.0. The summed E-state index contributed by atoms with van der Waals surface area (Å²) in [5.74, 6) is 0.149. The van der Waals surface area contributed by atoms with Crippen LogP contribution in [0.1, 0.15) is 12.5 Å². The Labute approximate surface area is 170 Å². The largest absolute Gasteiger partial charge is 0.494 e. The van der Waals surface area contributed by atoms with E-state index in [1.165, 1.54) is 41.5 Å². The lowest BCUT2D eigenvalue weighted by Crippen LogP contribution is -3.19. The van der Waals surface area contributed by atoms with Crippen molar-refractivity contribution in [3.05, 3.63) is 58.1 Å². The minimum atomic E-state index is -0.491. The number of ether oxygens (including phenoxy) is 1. The van der Waals surface area contributed by atoms with Crippen LogP contribution in [0.25, 0.3) is 0 Å². The first-order chi connectivity index (χ1) is 13.9. The zero-order valence-corrected chi connectivity index (χ0v) is 17.0. The number of anilines is 2. The summed E-state index contributed by atoms with van der Waals surface area (Å²) >= 11 is 0. The van der Waals surface area contributed by atoms with Gasteiger partial charge in [0.25, 0.3) is 11.6 Å². The van der Waals surface area contributed by atoms with Gasteiger partial charge in [0.1, 0.15) is 5.75 Å². The molecule has 0 aliphatic carbocycles. The number of carbonyl (C=O) groups excluding carboxylic acids is 1. The van der Waals surface area contributed by atoms with E-state index in [1.54, 1.807) is 0 Å². The lowest BCUT2D eigenvalue weighted by atomic mass is 10.1. The summed E-state index contributed by atoms with van der Waals surface area (Å²) in [4.78, 5) is 26.8. The van der Waals surface area contributed by atoms with Crippen molar-refractivity contribution < 1.29 is 19.4 Å². The van der Waals surface area contributed by atoms with Crippen molar-refractivity contribution >= 4 is 23.0 Å². The molecule has 0 unspecified atom stereocenters. The number of non-ortho nitro benzene ring substituents is 1. The SMILES string of the molecule is COc1cc([N+](=O)[O-])ccc1NC(=O)[C@H](C)[NH+]1CCN(c2ccccc2C)CC1. The second kappa shape index (κ2) is 8.91. The maximum absolute atomic E-state index is 12.8. The monoisotopic (exact) mass is 399 g/mol. The number of carbonyl (C=O) groups is 1. The van der Waals surface area contributed by atoms with Crippen LogP contribution in [0.2, 0.25) is 0 Å². The number of piperazine rings is 1. The molecule has 8 nitrogen and oxygen atoms in total. The summed E-state index contributed by atoms with van der Waals surface area (Å²) < 4.78 is 5.20. The van der Waals surface area contributed by atoms with Crippen LogP contribution in [-0.4, -0.2) is 50.2 Å². The highest BCUT2D eigenvalue weighted by atomic mass is 16.6. The number of hydrogen-bond acceptors (Lipinski definition) is 5. The lowest BCUT2D eigenvalue weighted by Gasteiger charge is -2.36. The summed E-state index contributed by atoms with van der Waals surface area (Å²) in [7, 11) is 1.42. The molecule has 1 atom stereocenters. The predicted octanol–water partition coefficient (Wildman–Crippen LogP) is 1.64. The molecular formula is C21H27N4O4+.